The molecule has 2 rings (SSSR count). The Morgan fingerprint density at radius 2 is 2.15 bits per heavy atom. The lowest BCUT2D eigenvalue weighted by molar-refractivity contribution is -0.119. The number of rotatable bonds is 7. The molecule has 0 saturated carbocycles. The molecule has 4 nitrogen and oxygen atoms in total. The lowest BCUT2D eigenvalue weighted by atomic mass is 10.0. The SMILES string of the molecule is CCCn1c(CC(=O)CC(C)CN)nc2ccccc21. The predicted octanol–water partition coefficient (Wildman–Crippen LogP) is 2.54. The smallest absolute Gasteiger partial charge is 0.140 e. The number of benzene rings is 1. The van der Waals surface area contributed by atoms with Crippen LogP contribution < -0.4 is 5.73 Å². The van der Waals surface area contributed by atoms with Crippen molar-refractivity contribution in [2.24, 2.45) is 11.7 Å². The zero-order chi connectivity index (χ0) is 14.5. The van der Waals surface area contributed by atoms with Gasteiger partial charge in [0.15, 0.2) is 0 Å². The molecule has 0 aliphatic rings. The molecule has 1 heterocycles. The maximum atomic E-state index is 12.1. The summed E-state index contributed by atoms with van der Waals surface area (Å²) in [6.45, 7) is 5.59. The molecule has 20 heavy (non-hydrogen) atoms. The van der Waals surface area contributed by atoms with E-state index < -0.39 is 0 Å². The van der Waals surface area contributed by atoms with Crippen molar-refractivity contribution in [2.45, 2.75) is 39.7 Å². The molecule has 1 aromatic heterocycles. The minimum atomic E-state index is 0.218. The molecule has 0 amide bonds. The Kier molecular flexibility index (Phi) is 4.90. The minimum absolute atomic E-state index is 0.218. The van der Waals surface area contributed by atoms with E-state index in [1.54, 1.807) is 0 Å². The molecular formula is C16H23N3O. The number of aryl methyl sites for hydroxylation is 1. The maximum absolute atomic E-state index is 12.1. The monoisotopic (exact) mass is 273 g/mol. The molecule has 1 aromatic carbocycles. The van der Waals surface area contributed by atoms with Crippen LogP contribution in [-0.4, -0.2) is 21.9 Å². The number of nitrogens with two attached hydrogens (primary N) is 1. The highest BCUT2D eigenvalue weighted by Gasteiger charge is 2.15. The van der Waals surface area contributed by atoms with Crippen LogP contribution in [0.1, 0.15) is 32.5 Å². The number of hydrogen-bond acceptors (Lipinski definition) is 3. The first-order chi connectivity index (χ1) is 9.65. The second-order valence-corrected chi connectivity index (χ2v) is 5.43. The van der Waals surface area contributed by atoms with E-state index in [0.29, 0.717) is 19.4 Å². The summed E-state index contributed by atoms with van der Waals surface area (Å²) < 4.78 is 2.17. The van der Waals surface area contributed by atoms with E-state index in [9.17, 15) is 4.79 Å². The molecule has 1 unspecified atom stereocenters. The molecule has 2 N–H and O–H groups in total. The van der Waals surface area contributed by atoms with E-state index >= 15 is 0 Å². The number of Topliss-reactive ketones (excluding diaryl/α,β-unsaturated/α-hetero) is 1. The van der Waals surface area contributed by atoms with Crippen molar-refractivity contribution in [3.8, 4) is 0 Å². The number of hydrogen-bond donors (Lipinski definition) is 1. The average Bonchev–Trinajstić information content (AvgIpc) is 2.77. The van der Waals surface area contributed by atoms with Crippen molar-refractivity contribution in [1.82, 2.24) is 9.55 Å². The van der Waals surface area contributed by atoms with Gasteiger partial charge in [0.1, 0.15) is 11.6 Å². The van der Waals surface area contributed by atoms with Crippen LogP contribution >= 0.6 is 0 Å². The molecule has 0 radical (unpaired) electrons. The number of carbonyl (C=O) groups is 1. The van der Waals surface area contributed by atoms with Gasteiger partial charge in [-0.3, -0.25) is 4.79 Å². The van der Waals surface area contributed by atoms with Crippen molar-refractivity contribution in [1.29, 1.82) is 0 Å². The summed E-state index contributed by atoms with van der Waals surface area (Å²) in [5.74, 6) is 1.34. The summed E-state index contributed by atoms with van der Waals surface area (Å²) in [6.07, 6.45) is 1.96. The molecule has 1 atom stereocenters. The van der Waals surface area contributed by atoms with Gasteiger partial charge < -0.3 is 10.3 Å². The maximum Gasteiger partial charge on any atom is 0.140 e. The number of carbonyl (C=O) groups excluding carboxylic acids is 1. The van der Waals surface area contributed by atoms with Crippen LogP contribution in [0, 0.1) is 5.92 Å². The van der Waals surface area contributed by atoms with Crippen molar-refractivity contribution in [2.75, 3.05) is 6.54 Å². The van der Waals surface area contributed by atoms with E-state index in [4.69, 9.17) is 5.73 Å². The Balaban J connectivity index is 2.24. The van der Waals surface area contributed by atoms with Gasteiger partial charge in [0.2, 0.25) is 0 Å². The lowest BCUT2D eigenvalue weighted by Crippen LogP contribution is -2.17. The fraction of sp³-hybridized carbons (Fsp3) is 0.500. The van der Waals surface area contributed by atoms with Crippen molar-refractivity contribution >= 4 is 16.8 Å². The van der Waals surface area contributed by atoms with E-state index in [2.05, 4.69) is 22.5 Å². The van der Waals surface area contributed by atoms with E-state index in [1.165, 1.54) is 0 Å². The highest BCUT2D eigenvalue weighted by Crippen LogP contribution is 2.18. The van der Waals surface area contributed by atoms with Crippen LogP contribution in [0.4, 0.5) is 0 Å². The van der Waals surface area contributed by atoms with Gasteiger partial charge in [-0.1, -0.05) is 26.0 Å². The van der Waals surface area contributed by atoms with Crippen LogP contribution in [0.15, 0.2) is 24.3 Å². The molecule has 0 aliphatic heterocycles. The molecule has 4 heteroatoms. The van der Waals surface area contributed by atoms with Crippen LogP contribution in [0.5, 0.6) is 0 Å². The van der Waals surface area contributed by atoms with Crippen molar-refractivity contribution in [3.05, 3.63) is 30.1 Å². The van der Waals surface area contributed by atoms with Crippen molar-refractivity contribution < 1.29 is 4.79 Å². The number of para-hydroxylation sites is 2. The largest absolute Gasteiger partial charge is 0.330 e. The minimum Gasteiger partial charge on any atom is -0.330 e. The lowest BCUT2D eigenvalue weighted by Gasteiger charge is -2.09. The Hall–Kier alpha value is -1.68. The Bertz CT molecular complexity index is 588. The summed E-state index contributed by atoms with van der Waals surface area (Å²) in [7, 11) is 0. The molecule has 0 saturated heterocycles. The van der Waals surface area contributed by atoms with Crippen molar-refractivity contribution in [3.63, 3.8) is 0 Å². The van der Waals surface area contributed by atoms with Crippen LogP contribution in [0.3, 0.4) is 0 Å². The molecule has 0 fully saturated rings. The summed E-state index contributed by atoms with van der Waals surface area (Å²) in [6, 6.07) is 8.05. The number of fused-ring (bicyclic) bond motifs is 1. The summed E-state index contributed by atoms with van der Waals surface area (Å²) >= 11 is 0. The van der Waals surface area contributed by atoms with E-state index in [0.717, 1.165) is 29.8 Å². The Labute approximate surface area is 120 Å². The topological polar surface area (TPSA) is 60.9 Å². The third kappa shape index (κ3) is 3.25. The van der Waals surface area contributed by atoms with Crippen LogP contribution in [0.25, 0.3) is 11.0 Å². The third-order valence-corrected chi connectivity index (χ3v) is 3.51. The van der Waals surface area contributed by atoms with Gasteiger partial charge in [-0.15, -0.1) is 0 Å². The number of nitrogens with zero attached hydrogens (tertiary/aromatic N) is 2. The molecule has 108 valence electrons. The Morgan fingerprint density at radius 3 is 2.85 bits per heavy atom. The summed E-state index contributed by atoms with van der Waals surface area (Å²) in [5.41, 5.74) is 7.66. The summed E-state index contributed by atoms with van der Waals surface area (Å²) in [4.78, 5) is 16.7. The fourth-order valence-corrected chi connectivity index (χ4v) is 2.45. The predicted molar refractivity (Wildman–Crippen MR) is 81.6 cm³/mol. The highest BCUT2D eigenvalue weighted by atomic mass is 16.1. The average molecular weight is 273 g/mol. The number of imidazole rings is 1. The quantitative estimate of drug-likeness (QED) is 0.843. The molecule has 2 aromatic rings. The van der Waals surface area contributed by atoms with Gasteiger partial charge in [0.25, 0.3) is 0 Å². The number of aromatic nitrogens is 2. The van der Waals surface area contributed by atoms with E-state index in [1.807, 2.05) is 25.1 Å². The van der Waals surface area contributed by atoms with Gasteiger partial charge in [-0.05, 0) is 31.0 Å². The van der Waals surface area contributed by atoms with E-state index in [-0.39, 0.29) is 11.7 Å². The van der Waals surface area contributed by atoms with Gasteiger partial charge in [-0.2, -0.15) is 0 Å². The first-order valence-corrected chi connectivity index (χ1v) is 7.31. The zero-order valence-electron chi connectivity index (χ0n) is 12.3. The zero-order valence-corrected chi connectivity index (χ0v) is 12.3. The Morgan fingerprint density at radius 1 is 1.40 bits per heavy atom. The van der Waals surface area contributed by atoms with Gasteiger partial charge in [0, 0.05) is 13.0 Å². The molecular weight excluding hydrogens is 250 g/mol. The molecule has 0 spiro atoms. The normalized spacial score (nSPS) is 12.8. The third-order valence-electron chi connectivity index (χ3n) is 3.51. The van der Waals surface area contributed by atoms with Crippen LogP contribution in [0.2, 0.25) is 0 Å². The van der Waals surface area contributed by atoms with Crippen LogP contribution in [-0.2, 0) is 17.8 Å². The first kappa shape index (κ1) is 14.7. The van der Waals surface area contributed by atoms with Gasteiger partial charge in [0.05, 0.1) is 17.5 Å². The fourth-order valence-electron chi connectivity index (χ4n) is 2.45. The standard InChI is InChI=1S/C16H23N3O/c1-3-8-19-15-7-5-4-6-14(15)18-16(19)10-13(20)9-12(2)11-17/h4-7,12H,3,8-11,17H2,1-2H3. The van der Waals surface area contributed by atoms with Gasteiger partial charge >= 0.3 is 0 Å². The second kappa shape index (κ2) is 6.66. The summed E-state index contributed by atoms with van der Waals surface area (Å²) in [5, 5.41) is 0. The first-order valence-electron chi connectivity index (χ1n) is 7.31. The molecule has 0 aliphatic carbocycles. The number of ketones is 1. The second-order valence-electron chi connectivity index (χ2n) is 5.43. The highest BCUT2D eigenvalue weighted by molar-refractivity contribution is 5.82. The molecule has 0 bridgehead atoms. The van der Waals surface area contributed by atoms with Gasteiger partial charge in [-0.25, -0.2) is 4.98 Å².